The molecule has 1 atom stereocenters. The van der Waals surface area contributed by atoms with Crippen molar-refractivity contribution in [2.45, 2.75) is 24.3 Å². The number of carbonyl (C=O) groups is 1. The van der Waals surface area contributed by atoms with Crippen molar-refractivity contribution >= 4 is 27.4 Å². The van der Waals surface area contributed by atoms with Crippen molar-refractivity contribution in [3.63, 3.8) is 0 Å². The van der Waals surface area contributed by atoms with Gasteiger partial charge in [-0.2, -0.15) is 0 Å². The zero-order valence-corrected chi connectivity index (χ0v) is 11.2. The molecule has 0 aliphatic heterocycles. The number of hydrogen-bond donors (Lipinski definition) is 2. The number of sulfone groups is 1. The molecule has 0 saturated heterocycles. The van der Waals surface area contributed by atoms with Crippen LogP contribution in [0.1, 0.15) is 23.7 Å². The summed E-state index contributed by atoms with van der Waals surface area (Å²) in [6.45, 7) is 1.49. The number of hydrogen-bond acceptors (Lipinski definition) is 4. The predicted molar refractivity (Wildman–Crippen MR) is 66.8 cm³/mol. The number of aliphatic hydroxyl groups is 1. The van der Waals surface area contributed by atoms with Crippen molar-refractivity contribution in [3.8, 4) is 0 Å². The van der Waals surface area contributed by atoms with Gasteiger partial charge in [-0.05, 0) is 31.5 Å². The van der Waals surface area contributed by atoms with Crippen molar-refractivity contribution < 1.29 is 23.4 Å². The molecule has 5 nitrogen and oxygen atoms in total. The Labute approximate surface area is 110 Å². The van der Waals surface area contributed by atoms with Crippen molar-refractivity contribution in [3.05, 3.63) is 28.8 Å². The lowest BCUT2D eigenvalue weighted by atomic mass is 10.2. The van der Waals surface area contributed by atoms with Gasteiger partial charge in [0.15, 0.2) is 9.84 Å². The van der Waals surface area contributed by atoms with Crippen LogP contribution < -0.4 is 0 Å². The standard InChI is InChI=1S/C11H13ClO5S/c1-7(13)4-5-18(16,17)8-2-3-10(12)9(6-8)11(14)15/h2-3,6-7,13H,4-5H2,1H3,(H,14,15). The van der Waals surface area contributed by atoms with Gasteiger partial charge in [-0.1, -0.05) is 11.6 Å². The minimum atomic E-state index is -3.61. The number of aromatic carboxylic acids is 1. The highest BCUT2D eigenvalue weighted by Crippen LogP contribution is 2.21. The van der Waals surface area contributed by atoms with Gasteiger partial charge in [-0.3, -0.25) is 0 Å². The maximum absolute atomic E-state index is 11.9. The summed E-state index contributed by atoms with van der Waals surface area (Å²) in [7, 11) is -3.61. The van der Waals surface area contributed by atoms with E-state index in [1.165, 1.54) is 19.1 Å². The molecule has 0 radical (unpaired) electrons. The molecule has 18 heavy (non-hydrogen) atoms. The van der Waals surface area contributed by atoms with Crippen LogP contribution in [-0.2, 0) is 9.84 Å². The van der Waals surface area contributed by atoms with Crippen LogP contribution in [0.5, 0.6) is 0 Å². The monoisotopic (exact) mass is 292 g/mol. The van der Waals surface area contributed by atoms with E-state index in [0.717, 1.165) is 6.07 Å². The molecule has 1 aromatic carbocycles. The van der Waals surface area contributed by atoms with Crippen LogP contribution in [0.25, 0.3) is 0 Å². The van der Waals surface area contributed by atoms with Crippen molar-refractivity contribution in [2.75, 3.05) is 5.75 Å². The van der Waals surface area contributed by atoms with Gasteiger partial charge in [0.1, 0.15) is 0 Å². The normalized spacial score (nSPS) is 13.3. The molecule has 0 fully saturated rings. The van der Waals surface area contributed by atoms with E-state index in [9.17, 15) is 13.2 Å². The molecule has 1 rings (SSSR count). The van der Waals surface area contributed by atoms with Crippen LogP contribution in [0.4, 0.5) is 0 Å². The molecule has 0 aliphatic rings. The lowest BCUT2D eigenvalue weighted by Gasteiger charge is -2.07. The molecule has 0 spiro atoms. The zero-order chi connectivity index (χ0) is 13.9. The van der Waals surface area contributed by atoms with Gasteiger partial charge in [0.05, 0.1) is 27.3 Å². The van der Waals surface area contributed by atoms with Crippen molar-refractivity contribution in [1.82, 2.24) is 0 Å². The average molecular weight is 293 g/mol. The van der Waals surface area contributed by atoms with Gasteiger partial charge in [0, 0.05) is 0 Å². The van der Waals surface area contributed by atoms with Crippen molar-refractivity contribution in [2.24, 2.45) is 0 Å². The summed E-state index contributed by atoms with van der Waals surface area (Å²) in [5, 5.41) is 17.9. The molecule has 0 saturated carbocycles. The maximum atomic E-state index is 11.9. The van der Waals surface area contributed by atoms with E-state index >= 15 is 0 Å². The van der Waals surface area contributed by atoms with Gasteiger partial charge in [0.2, 0.25) is 0 Å². The Morgan fingerprint density at radius 2 is 2.06 bits per heavy atom. The number of rotatable bonds is 5. The quantitative estimate of drug-likeness (QED) is 0.860. The molecule has 0 aromatic heterocycles. The molecule has 7 heteroatoms. The summed E-state index contributed by atoms with van der Waals surface area (Å²) in [5.74, 6) is -1.53. The summed E-state index contributed by atoms with van der Waals surface area (Å²) in [6.07, 6.45) is -0.640. The van der Waals surface area contributed by atoms with Crippen LogP contribution in [0.2, 0.25) is 5.02 Å². The highest BCUT2D eigenvalue weighted by molar-refractivity contribution is 7.91. The van der Waals surface area contributed by atoms with Gasteiger partial charge in [0.25, 0.3) is 0 Å². The first-order chi connectivity index (χ1) is 8.24. The van der Waals surface area contributed by atoms with E-state index in [2.05, 4.69) is 0 Å². The molecule has 1 unspecified atom stereocenters. The molecule has 0 amide bonds. The lowest BCUT2D eigenvalue weighted by molar-refractivity contribution is 0.0697. The van der Waals surface area contributed by atoms with E-state index in [0.29, 0.717) is 0 Å². The highest BCUT2D eigenvalue weighted by Gasteiger charge is 2.19. The largest absolute Gasteiger partial charge is 0.478 e. The predicted octanol–water partition coefficient (Wildman–Crippen LogP) is 1.58. The van der Waals surface area contributed by atoms with E-state index in [1.54, 1.807) is 0 Å². The van der Waals surface area contributed by atoms with Crippen LogP contribution in [-0.4, -0.2) is 36.5 Å². The number of carboxylic acids is 1. The third kappa shape index (κ3) is 3.69. The summed E-state index contributed by atoms with van der Waals surface area (Å²) in [6, 6.07) is 3.52. The van der Waals surface area contributed by atoms with Crippen LogP contribution in [0.3, 0.4) is 0 Å². The third-order valence-corrected chi connectivity index (χ3v) is 4.41. The second-order valence-electron chi connectivity index (χ2n) is 3.90. The summed E-state index contributed by atoms with van der Waals surface area (Å²) in [4.78, 5) is 10.7. The summed E-state index contributed by atoms with van der Waals surface area (Å²) >= 11 is 5.65. The minimum Gasteiger partial charge on any atom is -0.478 e. The van der Waals surface area contributed by atoms with Gasteiger partial charge < -0.3 is 10.2 Å². The number of benzene rings is 1. The zero-order valence-electron chi connectivity index (χ0n) is 9.63. The Morgan fingerprint density at radius 3 is 2.56 bits per heavy atom. The van der Waals surface area contributed by atoms with Gasteiger partial charge >= 0.3 is 5.97 Å². The number of halogens is 1. The molecule has 100 valence electrons. The molecule has 0 heterocycles. The first-order valence-corrected chi connectivity index (χ1v) is 7.20. The van der Waals surface area contributed by atoms with Crippen LogP contribution in [0, 0.1) is 0 Å². The van der Waals surface area contributed by atoms with Crippen LogP contribution >= 0.6 is 11.6 Å². The van der Waals surface area contributed by atoms with Gasteiger partial charge in [-0.15, -0.1) is 0 Å². The fourth-order valence-corrected chi connectivity index (χ4v) is 2.96. The van der Waals surface area contributed by atoms with E-state index in [4.69, 9.17) is 21.8 Å². The lowest BCUT2D eigenvalue weighted by Crippen LogP contribution is -2.13. The SMILES string of the molecule is CC(O)CCS(=O)(=O)c1ccc(Cl)c(C(=O)O)c1. The Hall–Kier alpha value is -1.11. The fraction of sp³-hybridized carbons (Fsp3) is 0.364. The Bertz CT molecular complexity index is 551. The molecular formula is C11H13ClO5S. The van der Waals surface area contributed by atoms with Crippen molar-refractivity contribution in [1.29, 1.82) is 0 Å². The summed E-state index contributed by atoms with van der Waals surface area (Å²) in [5.41, 5.74) is -0.255. The summed E-state index contributed by atoms with van der Waals surface area (Å²) < 4.78 is 23.8. The smallest absolute Gasteiger partial charge is 0.337 e. The topological polar surface area (TPSA) is 91.7 Å². The maximum Gasteiger partial charge on any atom is 0.337 e. The second-order valence-corrected chi connectivity index (χ2v) is 6.42. The Balaban J connectivity index is 3.10. The molecule has 1 aromatic rings. The van der Waals surface area contributed by atoms with E-state index in [-0.39, 0.29) is 27.7 Å². The van der Waals surface area contributed by atoms with Crippen LogP contribution in [0.15, 0.2) is 23.1 Å². The molecule has 0 bridgehead atoms. The Morgan fingerprint density at radius 1 is 1.44 bits per heavy atom. The minimum absolute atomic E-state index is 0.0167. The first kappa shape index (κ1) is 14.9. The van der Waals surface area contributed by atoms with E-state index in [1.807, 2.05) is 0 Å². The van der Waals surface area contributed by atoms with Gasteiger partial charge in [-0.25, -0.2) is 13.2 Å². The van der Waals surface area contributed by atoms with E-state index < -0.39 is 21.9 Å². The first-order valence-electron chi connectivity index (χ1n) is 5.17. The molecule has 2 N–H and O–H groups in total. The fourth-order valence-electron chi connectivity index (χ4n) is 1.31. The molecule has 0 aliphatic carbocycles. The highest BCUT2D eigenvalue weighted by atomic mass is 35.5. The average Bonchev–Trinajstić information content (AvgIpc) is 2.26. The number of aliphatic hydroxyl groups excluding tert-OH is 1. The Kier molecular flexibility index (Phi) is 4.72. The second kappa shape index (κ2) is 5.69. The number of carboxylic acid groups (broad SMARTS) is 1. The molecular weight excluding hydrogens is 280 g/mol. The third-order valence-electron chi connectivity index (χ3n) is 2.33.